The lowest BCUT2D eigenvalue weighted by atomic mass is 10.0. The summed E-state index contributed by atoms with van der Waals surface area (Å²) in [7, 11) is 0. The monoisotopic (exact) mass is 369 g/mol. The SMILES string of the molecule is Cc1cc(/C=C/c2cc(C(=O)O)c3ccccc3n2)cc(C)c1OC(F)F. The van der Waals surface area contributed by atoms with E-state index in [0.29, 0.717) is 27.7 Å². The fourth-order valence-electron chi connectivity index (χ4n) is 2.99. The Kier molecular flexibility index (Phi) is 5.16. The molecular formula is C21H17F2NO3. The number of carbonyl (C=O) groups is 1. The molecule has 3 rings (SSSR count). The minimum Gasteiger partial charge on any atom is -0.478 e. The zero-order chi connectivity index (χ0) is 19.6. The second-order valence-corrected chi connectivity index (χ2v) is 6.11. The zero-order valence-electron chi connectivity index (χ0n) is 14.7. The second kappa shape index (κ2) is 7.53. The fraction of sp³-hybridized carbons (Fsp3) is 0.143. The van der Waals surface area contributed by atoms with Crippen molar-refractivity contribution >= 4 is 29.0 Å². The highest BCUT2D eigenvalue weighted by atomic mass is 19.3. The van der Waals surface area contributed by atoms with Crippen molar-refractivity contribution in [3.63, 3.8) is 0 Å². The van der Waals surface area contributed by atoms with Gasteiger partial charge in [-0.1, -0.05) is 24.3 Å². The van der Waals surface area contributed by atoms with Crippen LogP contribution in [0.25, 0.3) is 23.1 Å². The van der Waals surface area contributed by atoms with Crippen molar-refractivity contribution in [3.05, 3.63) is 70.4 Å². The summed E-state index contributed by atoms with van der Waals surface area (Å²) in [5.41, 5.74) is 3.21. The van der Waals surface area contributed by atoms with Crippen molar-refractivity contribution in [2.45, 2.75) is 20.5 Å². The van der Waals surface area contributed by atoms with E-state index >= 15 is 0 Å². The standard InChI is InChI=1S/C21H17F2NO3/c1-12-9-14(10-13(2)19(12)27-21(22)23)7-8-15-11-17(20(25)26)16-5-3-4-6-18(16)24-15/h3-11,21H,1-2H3,(H,25,26)/b8-7+. The summed E-state index contributed by atoms with van der Waals surface area (Å²) < 4.78 is 29.5. The molecule has 138 valence electrons. The summed E-state index contributed by atoms with van der Waals surface area (Å²) >= 11 is 0. The molecule has 0 atom stereocenters. The van der Waals surface area contributed by atoms with Crippen LogP contribution in [0.4, 0.5) is 8.78 Å². The van der Waals surface area contributed by atoms with Crippen LogP contribution in [0.1, 0.15) is 32.7 Å². The average Bonchev–Trinajstić information content (AvgIpc) is 2.62. The number of aromatic carboxylic acids is 1. The number of ether oxygens (including phenoxy) is 1. The molecule has 0 bridgehead atoms. The van der Waals surface area contributed by atoms with E-state index in [1.807, 2.05) is 0 Å². The fourth-order valence-corrected chi connectivity index (χ4v) is 2.99. The van der Waals surface area contributed by atoms with Gasteiger partial charge in [-0.3, -0.25) is 0 Å². The van der Waals surface area contributed by atoms with Crippen LogP contribution in [0.5, 0.6) is 5.75 Å². The third-order valence-corrected chi connectivity index (χ3v) is 4.10. The van der Waals surface area contributed by atoms with E-state index in [-0.39, 0.29) is 11.3 Å². The summed E-state index contributed by atoms with van der Waals surface area (Å²) in [4.78, 5) is 16.0. The molecule has 0 amide bonds. The van der Waals surface area contributed by atoms with Crippen LogP contribution in [0.3, 0.4) is 0 Å². The van der Waals surface area contributed by atoms with E-state index in [1.54, 1.807) is 62.4 Å². The Bertz CT molecular complexity index is 1020. The summed E-state index contributed by atoms with van der Waals surface area (Å²) in [6.45, 7) is 0.512. The van der Waals surface area contributed by atoms with Gasteiger partial charge in [0.05, 0.1) is 16.8 Å². The molecule has 0 aliphatic rings. The number of carboxylic acid groups (broad SMARTS) is 1. The molecule has 1 N–H and O–H groups in total. The van der Waals surface area contributed by atoms with Crippen molar-refractivity contribution in [2.24, 2.45) is 0 Å². The number of benzene rings is 2. The number of rotatable bonds is 5. The number of halogens is 2. The van der Waals surface area contributed by atoms with Gasteiger partial charge in [0.15, 0.2) is 0 Å². The number of fused-ring (bicyclic) bond motifs is 1. The molecule has 1 heterocycles. The van der Waals surface area contributed by atoms with Crippen LogP contribution < -0.4 is 4.74 Å². The van der Waals surface area contributed by atoms with Crippen molar-refractivity contribution in [3.8, 4) is 5.75 Å². The quantitative estimate of drug-likeness (QED) is 0.661. The van der Waals surface area contributed by atoms with Gasteiger partial charge in [-0.25, -0.2) is 9.78 Å². The Balaban J connectivity index is 1.98. The predicted octanol–water partition coefficient (Wildman–Crippen LogP) is 5.32. The zero-order valence-corrected chi connectivity index (χ0v) is 14.7. The molecule has 0 aliphatic carbocycles. The lowest BCUT2D eigenvalue weighted by Crippen LogP contribution is -2.05. The van der Waals surface area contributed by atoms with Gasteiger partial charge in [-0.15, -0.1) is 0 Å². The molecule has 0 saturated heterocycles. The lowest BCUT2D eigenvalue weighted by Gasteiger charge is -2.12. The van der Waals surface area contributed by atoms with E-state index < -0.39 is 12.6 Å². The van der Waals surface area contributed by atoms with Crippen LogP contribution in [-0.4, -0.2) is 22.7 Å². The molecule has 2 aromatic carbocycles. The molecule has 0 radical (unpaired) electrons. The topological polar surface area (TPSA) is 59.4 Å². The van der Waals surface area contributed by atoms with Gasteiger partial charge in [0.1, 0.15) is 5.75 Å². The molecule has 1 aromatic heterocycles. The van der Waals surface area contributed by atoms with Crippen molar-refractivity contribution < 1.29 is 23.4 Å². The maximum atomic E-state index is 12.5. The van der Waals surface area contributed by atoms with Gasteiger partial charge in [-0.05, 0) is 60.9 Å². The van der Waals surface area contributed by atoms with Crippen molar-refractivity contribution in [2.75, 3.05) is 0 Å². The van der Waals surface area contributed by atoms with Gasteiger partial charge >= 0.3 is 12.6 Å². The Hall–Kier alpha value is -3.28. The number of para-hydroxylation sites is 1. The number of hydrogen-bond donors (Lipinski definition) is 1. The molecule has 0 saturated carbocycles. The smallest absolute Gasteiger partial charge is 0.387 e. The van der Waals surface area contributed by atoms with Crippen molar-refractivity contribution in [1.82, 2.24) is 4.98 Å². The Labute approximate surface area is 154 Å². The lowest BCUT2D eigenvalue weighted by molar-refractivity contribution is -0.0507. The molecule has 4 nitrogen and oxygen atoms in total. The van der Waals surface area contributed by atoms with Gasteiger partial charge in [0, 0.05) is 5.39 Å². The highest BCUT2D eigenvalue weighted by Crippen LogP contribution is 2.27. The minimum atomic E-state index is -2.87. The Morgan fingerprint density at radius 3 is 2.41 bits per heavy atom. The van der Waals surface area contributed by atoms with Gasteiger partial charge in [0.2, 0.25) is 0 Å². The third kappa shape index (κ3) is 4.11. The first-order valence-electron chi connectivity index (χ1n) is 8.22. The van der Waals surface area contributed by atoms with Crippen LogP contribution in [0, 0.1) is 13.8 Å². The van der Waals surface area contributed by atoms with Gasteiger partial charge in [-0.2, -0.15) is 8.78 Å². The molecule has 0 aliphatic heterocycles. The maximum absolute atomic E-state index is 12.5. The highest BCUT2D eigenvalue weighted by Gasteiger charge is 2.12. The Morgan fingerprint density at radius 2 is 1.78 bits per heavy atom. The number of hydrogen-bond acceptors (Lipinski definition) is 3. The molecule has 6 heteroatoms. The third-order valence-electron chi connectivity index (χ3n) is 4.10. The highest BCUT2D eigenvalue weighted by molar-refractivity contribution is 6.03. The largest absolute Gasteiger partial charge is 0.478 e. The normalized spacial score (nSPS) is 11.4. The Morgan fingerprint density at radius 1 is 1.11 bits per heavy atom. The summed E-state index contributed by atoms with van der Waals surface area (Å²) in [5.74, 6) is -0.859. The summed E-state index contributed by atoms with van der Waals surface area (Å²) in [6, 6.07) is 12.0. The van der Waals surface area contributed by atoms with Crippen LogP contribution in [-0.2, 0) is 0 Å². The summed E-state index contributed by atoms with van der Waals surface area (Å²) in [6.07, 6.45) is 3.45. The number of alkyl halides is 2. The van der Waals surface area contributed by atoms with E-state index in [0.717, 1.165) is 5.56 Å². The minimum absolute atomic E-state index is 0.166. The first-order valence-corrected chi connectivity index (χ1v) is 8.22. The molecule has 0 unspecified atom stereocenters. The van der Waals surface area contributed by atoms with Crippen molar-refractivity contribution in [1.29, 1.82) is 0 Å². The first kappa shape index (κ1) is 18.5. The number of carboxylic acids is 1. The summed E-state index contributed by atoms with van der Waals surface area (Å²) in [5, 5.41) is 10.0. The van der Waals surface area contributed by atoms with Crippen LogP contribution in [0.15, 0.2) is 42.5 Å². The molecule has 27 heavy (non-hydrogen) atoms. The molecule has 3 aromatic rings. The molecular weight excluding hydrogens is 352 g/mol. The van der Waals surface area contributed by atoms with Gasteiger partial charge < -0.3 is 9.84 Å². The number of pyridine rings is 1. The maximum Gasteiger partial charge on any atom is 0.387 e. The van der Waals surface area contributed by atoms with E-state index in [1.165, 1.54) is 6.07 Å². The average molecular weight is 369 g/mol. The predicted molar refractivity (Wildman–Crippen MR) is 100 cm³/mol. The first-order chi connectivity index (χ1) is 12.8. The second-order valence-electron chi connectivity index (χ2n) is 6.11. The molecule has 0 fully saturated rings. The molecule has 0 spiro atoms. The van der Waals surface area contributed by atoms with E-state index in [4.69, 9.17) is 0 Å². The van der Waals surface area contributed by atoms with Gasteiger partial charge in [0.25, 0.3) is 0 Å². The number of nitrogens with zero attached hydrogens (tertiary/aromatic N) is 1. The van der Waals surface area contributed by atoms with Crippen LogP contribution in [0.2, 0.25) is 0 Å². The van der Waals surface area contributed by atoms with E-state index in [9.17, 15) is 18.7 Å². The number of aryl methyl sites for hydroxylation is 2. The van der Waals surface area contributed by atoms with E-state index in [2.05, 4.69) is 9.72 Å². The number of aromatic nitrogens is 1. The van der Waals surface area contributed by atoms with Crippen LogP contribution >= 0.6 is 0 Å².